The summed E-state index contributed by atoms with van der Waals surface area (Å²) in [5.74, 6) is -0.211. The number of halogens is 2. The second kappa shape index (κ2) is 6.64. The average molecular weight is 279 g/mol. The molecule has 1 heterocycles. The fraction of sp³-hybridized carbons (Fsp3) is 0.267. The highest BCUT2D eigenvalue weighted by atomic mass is 35.5. The van der Waals surface area contributed by atoms with Crippen molar-refractivity contribution in [1.29, 1.82) is 0 Å². The van der Waals surface area contributed by atoms with Gasteiger partial charge in [-0.15, -0.1) is 0 Å². The fourth-order valence-corrected chi connectivity index (χ4v) is 2.13. The second-order valence-electron chi connectivity index (χ2n) is 4.35. The van der Waals surface area contributed by atoms with E-state index in [1.54, 1.807) is 18.3 Å². The molecule has 0 aliphatic rings. The molecule has 0 aliphatic heterocycles. The minimum absolute atomic E-state index is 0.0593. The van der Waals surface area contributed by atoms with Crippen molar-refractivity contribution in [3.63, 3.8) is 0 Å². The van der Waals surface area contributed by atoms with Crippen LogP contribution in [0.5, 0.6) is 0 Å². The third kappa shape index (κ3) is 4.01. The Morgan fingerprint density at radius 3 is 2.79 bits per heavy atom. The van der Waals surface area contributed by atoms with E-state index < -0.39 is 0 Å². The van der Waals surface area contributed by atoms with Crippen LogP contribution in [0, 0.1) is 5.82 Å². The Balaban J connectivity index is 2.18. The van der Waals surface area contributed by atoms with E-state index in [4.69, 9.17) is 11.6 Å². The molecule has 1 aromatic heterocycles. The monoisotopic (exact) mass is 278 g/mol. The summed E-state index contributed by atoms with van der Waals surface area (Å²) in [7, 11) is 0. The van der Waals surface area contributed by atoms with Gasteiger partial charge in [0.15, 0.2) is 0 Å². The predicted octanol–water partition coefficient (Wildman–Crippen LogP) is 3.77. The SMILES string of the molecule is CCNC(Cc1cccc(F)c1)c1ccc(Cl)cn1. The zero-order chi connectivity index (χ0) is 13.7. The van der Waals surface area contributed by atoms with E-state index in [9.17, 15) is 4.39 Å². The van der Waals surface area contributed by atoms with E-state index in [0.717, 1.165) is 17.8 Å². The van der Waals surface area contributed by atoms with Crippen molar-refractivity contribution in [1.82, 2.24) is 10.3 Å². The predicted molar refractivity (Wildman–Crippen MR) is 75.8 cm³/mol. The average Bonchev–Trinajstić information content (AvgIpc) is 2.39. The molecular weight excluding hydrogens is 263 g/mol. The number of rotatable bonds is 5. The molecule has 0 saturated heterocycles. The third-order valence-electron chi connectivity index (χ3n) is 2.89. The lowest BCUT2D eigenvalue weighted by Crippen LogP contribution is -2.23. The molecule has 0 fully saturated rings. The van der Waals surface area contributed by atoms with Gasteiger partial charge in [-0.2, -0.15) is 0 Å². The molecule has 0 amide bonds. The lowest BCUT2D eigenvalue weighted by molar-refractivity contribution is 0.534. The van der Waals surface area contributed by atoms with E-state index in [0.29, 0.717) is 11.4 Å². The summed E-state index contributed by atoms with van der Waals surface area (Å²) in [6.45, 7) is 2.86. The van der Waals surface area contributed by atoms with E-state index in [1.807, 2.05) is 25.1 Å². The lowest BCUT2D eigenvalue weighted by Gasteiger charge is -2.17. The first-order chi connectivity index (χ1) is 9.19. The summed E-state index contributed by atoms with van der Waals surface area (Å²) in [5.41, 5.74) is 1.86. The molecule has 1 N–H and O–H groups in total. The zero-order valence-corrected chi connectivity index (χ0v) is 11.5. The first-order valence-corrected chi connectivity index (χ1v) is 6.66. The van der Waals surface area contributed by atoms with Gasteiger partial charge in [0.2, 0.25) is 0 Å². The van der Waals surface area contributed by atoms with Crippen LogP contribution in [0.2, 0.25) is 5.02 Å². The van der Waals surface area contributed by atoms with Crippen LogP contribution >= 0.6 is 11.6 Å². The largest absolute Gasteiger partial charge is 0.309 e. The third-order valence-corrected chi connectivity index (χ3v) is 3.11. The fourth-order valence-electron chi connectivity index (χ4n) is 2.02. The molecule has 4 heteroatoms. The van der Waals surface area contributed by atoms with Crippen LogP contribution < -0.4 is 5.32 Å². The van der Waals surface area contributed by atoms with Crippen LogP contribution in [0.15, 0.2) is 42.6 Å². The van der Waals surface area contributed by atoms with Crippen molar-refractivity contribution in [2.45, 2.75) is 19.4 Å². The van der Waals surface area contributed by atoms with Crippen molar-refractivity contribution in [3.05, 3.63) is 64.7 Å². The highest BCUT2D eigenvalue weighted by Crippen LogP contribution is 2.18. The Labute approximate surface area is 117 Å². The maximum Gasteiger partial charge on any atom is 0.123 e. The summed E-state index contributed by atoms with van der Waals surface area (Å²) in [5, 5.41) is 3.97. The van der Waals surface area contributed by atoms with Crippen LogP contribution in [0.4, 0.5) is 4.39 Å². The van der Waals surface area contributed by atoms with E-state index in [1.165, 1.54) is 6.07 Å². The molecule has 0 radical (unpaired) electrons. The molecule has 1 unspecified atom stereocenters. The Hall–Kier alpha value is -1.45. The molecule has 0 saturated carbocycles. The van der Waals surface area contributed by atoms with Crippen LogP contribution in [-0.4, -0.2) is 11.5 Å². The Morgan fingerprint density at radius 1 is 1.32 bits per heavy atom. The number of pyridine rings is 1. The summed E-state index contributed by atoms with van der Waals surface area (Å²) >= 11 is 5.84. The van der Waals surface area contributed by atoms with Gasteiger partial charge in [-0.25, -0.2) is 4.39 Å². The quantitative estimate of drug-likeness (QED) is 0.901. The topological polar surface area (TPSA) is 24.9 Å². The summed E-state index contributed by atoms with van der Waals surface area (Å²) in [4.78, 5) is 4.33. The molecule has 0 bridgehead atoms. The normalized spacial score (nSPS) is 12.4. The summed E-state index contributed by atoms with van der Waals surface area (Å²) < 4.78 is 13.2. The number of benzene rings is 1. The van der Waals surface area contributed by atoms with Crippen LogP contribution in [0.25, 0.3) is 0 Å². The number of hydrogen-bond acceptors (Lipinski definition) is 2. The Morgan fingerprint density at radius 2 is 2.16 bits per heavy atom. The zero-order valence-electron chi connectivity index (χ0n) is 10.7. The summed E-state index contributed by atoms with van der Waals surface area (Å²) in [6, 6.07) is 10.4. The van der Waals surface area contributed by atoms with Crippen molar-refractivity contribution >= 4 is 11.6 Å². The van der Waals surface area contributed by atoms with Gasteiger partial charge in [0.05, 0.1) is 16.8 Å². The molecule has 0 aliphatic carbocycles. The van der Waals surface area contributed by atoms with Gasteiger partial charge < -0.3 is 5.32 Å². The first-order valence-electron chi connectivity index (χ1n) is 6.28. The number of hydrogen-bond donors (Lipinski definition) is 1. The van der Waals surface area contributed by atoms with Crippen molar-refractivity contribution in [2.24, 2.45) is 0 Å². The van der Waals surface area contributed by atoms with Crippen LogP contribution in [-0.2, 0) is 6.42 Å². The van der Waals surface area contributed by atoms with Gasteiger partial charge in [0, 0.05) is 6.20 Å². The molecule has 2 rings (SSSR count). The second-order valence-corrected chi connectivity index (χ2v) is 4.78. The van der Waals surface area contributed by atoms with Gasteiger partial charge >= 0.3 is 0 Å². The molecule has 0 spiro atoms. The maximum atomic E-state index is 13.2. The molecule has 2 nitrogen and oxygen atoms in total. The number of nitrogens with one attached hydrogen (secondary N) is 1. The molecule has 19 heavy (non-hydrogen) atoms. The summed E-state index contributed by atoms with van der Waals surface area (Å²) in [6.07, 6.45) is 2.33. The van der Waals surface area contributed by atoms with Crippen LogP contribution in [0.1, 0.15) is 24.2 Å². The highest BCUT2D eigenvalue weighted by Gasteiger charge is 2.12. The minimum Gasteiger partial charge on any atom is -0.309 e. The number of likely N-dealkylation sites (N-methyl/N-ethyl adjacent to an activating group) is 1. The highest BCUT2D eigenvalue weighted by molar-refractivity contribution is 6.30. The molecule has 2 aromatic rings. The number of aromatic nitrogens is 1. The van der Waals surface area contributed by atoms with E-state index in [2.05, 4.69) is 10.3 Å². The lowest BCUT2D eigenvalue weighted by atomic mass is 10.0. The van der Waals surface area contributed by atoms with E-state index >= 15 is 0 Å². The van der Waals surface area contributed by atoms with Crippen molar-refractivity contribution < 1.29 is 4.39 Å². The standard InChI is InChI=1S/C15H16ClFN2/c1-2-18-15(14-7-6-12(16)10-19-14)9-11-4-3-5-13(17)8-11/h3-8,10,15,18H,2,9H2,1H3. The van der Waals surface area contributed by atoms with Crippen LogP contribution in [0.3, 0.4) is 0 Å². The van der Waals surface area contributed by atoms with Crippen molar-refractivity contribution in [3.8, 4) is 0 Å². The molecule has 1 aromatic carbocycles. The van der Waals surface area contributed by atoms with Gasteiger partial charge in [-0.3, -0.25) is 4.98 Å². The van der Waals surface area contributed by atoms with E-state index in [-0.39, 0.29) is 11.9 Å². The maximum absolute atomic E-state index is 13.2. The Kier molecular flexibility index (Phi) is 4.88. The molecular formula is C15H16ClFN2. The van der Waals surface area contributed by atoms with Gasteiger partial charge in [-0.05, 0) is 42.8 Å². The van der Waals surface area contributed by atoms with Crippen molar-refractivity contribution in [2.75, 3.05) is 6.54 Å². The minimum atomic E-state index is -0.211. The molecule has 100 valence electrons. The first kappa shape index (κ1) is 14.0. The smallest absolute Gasteiger partial charge is 0.123 e. The van der Waals surface area contributed by atoms with Gasteiger partial charge in [-0.1, -0.05) is 30.7 Å². The Bertz CT molecular complexity index is 528. The van der Waals surface area contributed by atoms with Gasteiger partial charge in [0.1, 0.15) is 5.82 Å². The molecule has 1 atom stereocenters. The van der Waals surface area contributed by atoms with Gasteiger partial charge in [0.25, 0.3) is 0 Å². The number of nitrogens with zero attached hydrogens (tertiary/aromatic N) is 1.